The maximum absolute atomic E-state index is 12.7. The predicted octanol–water partition coefficient (Wildman–Crippen LogP) is 1.99. The van der Waals surface area contributed by atoms with Gasteiger partial charge in [0.05, 0.1) is 6.10 Å². The Bertz CT molecular complexity index is 836. The molecule has 0 bridgehead atoms. The first-order valence-corrected chi connectivity index (χ1v) is 10.4. The summed E-state index contributed by atoms with van der Waals surface area (Å²) in [5.41, 5.74) is 1.14. The molecule has 2 aliphatic rings. The van der Waals surface area contributed by atoms with Gasteiger partial charge in [0.1, 0.15) is 11.6 Å². The lowest BCUT2D eigenvalue weighted by atomic mass is 9.71. The number of aryl methyl sites for hydroxylation is 2. The number of β-amino-alcohol motifs (C(OH)–C–C–N with tert-alkyl or cyclic N) is 1. The Balaban J connectivity index is 1.35. The number of carbonyl (C=O) groups excluding carboxylic acids is 1. The minimum Gasteiger partial charge on any atom is -0.391 e. The molecule has 1 amide bonds. The average molecular weight is 396 g/mol. The Labute approximate surface area is 171 Å². The van der Waals surface area contributed by atoms with Crippen LogP contribution < -0.4 is 4.90 Å². The Hall–Kier alpha value is -2.54. The number of pyridine rings is 1. The number of nitrogens with zero attached hydrogens (tertiary/aromatic N) is 5. The second kappa shape index (κ2) is 8.45. The topological polar surface area (TPSA) is 82.5 Å². The number of piperidine rings is 2. The zero-order valence-corrected chi connectivity index (χ0v) is 17.0. The van der Waals surface area contributed by atoms with Crippen LogP contribution in [-0.2, 0) is 11.2 Å². The Kier molecular flexibility index (Phi) is 5.76. The first kappa shape index (κ1) is 19.8. The van der Waals surface area contributed by atoms with Crippen molar-refractivity contribution in [1.29, 1.82) is 0 Å². The van der Waals surface area contributed by atoms with Gasteiger partial charge in [0.25, 0.3) is 0 Å². The SMILES string of the molecule is Cc1nccc(N2CC(O)CC3(CCN(C(=O)CCc4cccnc4)CC3)C2)n1. The van der Waals surface area contributed by atoms with Gasteiger partial charge in [0, 0.05) is 51.2 Å². The number of aromatic nitrogens is 3. The molecule has 7 nitrogen and oxygen atoms in total. The van der Waals surface area contributed by atoms with E-state index in [0.29, 0.717) is 13.0 Å². The second-order valence-electron chi connectivity index (χ2n) is 8.44. The highest BCUT2D eigenvalue weighted by Crippen LogP contribution is 2.41. The summed E-state index contributed by atoms with van der Waals surface area (Å²) in [7, 11) is 0. The third-order valence-electron chi connectivity index (χ3n) is 6.24. The lowest BCUT2D eigenvalue weighted by Crippen LogP contribution is -2.54. The van der Waals surface area contributed by atoms with Gasteiger partial charge in [-0.15, -0.1) is 0 Å². The molecule has 2 aliphatic heterocycles. The fourth-order valence-corrected chi connectivity index (χ4v) is 4.70. The van der Waals surface area contributed by atoms with Crippen LogP contribution in [0, 0.1) is 12.3 Å². The number of hydrogen-bond acceptors (Lipinski definition) is 6. The van der Waals surface area contributed by atoms with Crippen molar-refractivity contribution in [2.75, 3.05) is 31.1 Å². The molecule has 29 heavy (non-hydrogen) atoms. The van der Waals surface area contributed by atoms with Gasteiger partial charge in [-0.25, -0.2) is 9.97 Å². The number of likely N-dealkylation sites (tertiary alicyclic amines) is 1. The van der Waals surface area contributed by atoms with Gasteiger partial charge >= 0.3 is 0 Å². The van der Waals surface area contributed by atoms with Crippen LogP contribution in [0.15, 0.2) is 36.8 Å². The third kappa shape index (κ3) is 4.72. The van der Waals surface area contributed by atoms with E-state index in [1.54, 1.807) is 12.4 Å². The van der Waals surface area contributed by atoms with Crippen LogP contribution >= 0.6 is 0 Å². The molecule has 4 heterocycles. The summed E-state index contributed by atoms with van der Waals surface area (Å²) in [6.45, 7) is 4.88. The first-order valence-electron chi connectivity index (χ1n) is 10.4. The highest BCUT2D eigenvalue weighted by molar-refractivity contribution is 5.76. The molecule has 2 aromatic heterocycles. The fraction of sp³-hybridized carbons (Fsp3) is 0.545. The van der Waals surface area contributed by atoms with Crippen LogP contribution in [0.5, 0.6) is 0 Å². The molecule has 2 saturated heterocycles. The van der Waals surface area contributed by atoms with Crippen molar-refractivity contribution in [2.45, 2.75) is 45.1 Å². The van der Waals surface area contributed by atoms with E-state index in [1.165, 1.54) is 0 Å². The van der Waals surface area contributed by atoms with Crippen molar-refractivity contribution >= 4 is 11.7 Å². The molecule has 154 valence electrons. The summed E-state index contributed by atoms with van der Waals surface area (Å²) < 4.78 is 0. The van der Waals surface area contributed by atoms with Crippen molar-refractivity contribution in [3.63, 3.8) is 0 Å². The molecule has 1 N–H and O–H groups in total. The van der Waals surface area contributed by atoms with Gasteiger partial charge in [-0.2, -0.15) is 0 Å². The van der Waals surface area contributed by atoms with E-state index in [9.17, 15) is 9.90 Å². The van der Waals surface area contributed by atoms with Crippen LogP contribution in [0.1, 0.15) is 37.1 Å². The van der Waals surface area contributed by atoms with Crippen molar-refractivity contribution in [2.24, 2.45) is 5.41 Å². The van der Waals surface area contributed by atoms with E-state index in [4.69, 9.17) is 0 Å². The van der Waals surface area contributed by atoms with Crippen molar-refractivity contribution in [3.8, 4) is 0 Å². The molecule has 0 saturated carbocycles. The van der Waals surface area contributed by atoms with Crippen LogP contribution in [-0.4, -0.2) is 63.1 Å². The van der Waals surface area contributed by atoms with E-state index in [-0.39, 0.29) is 17.4 Å². The maximum atomic E-state index is 12.7. The molecule has 2 aromatic rings. The molecule has 2 fully saturated rings. The van der Waals surface area contributed by atoms with Gasteiger partial charge < -0.3 is 14.9 Å². The summed E-state index contributed by atoms with van der Waals surface area (Å²) in [6.07, 6.45) is 8.87. The average Bonchev–Trinajstić information content (AvgIpc) is 2.73. The van der Waals surface area contributed by atoms with E-state index in [2.05, 4.69) is 19.9 Å². The number of anilines is 1. The highest BCUT2D eigenvalue weighted by atomic mass is 16.3. The minimum absolute atomic E-state index is 0.0383. The van der Waals surface area contributed by atoms with E-state index in [1.807, 2.05) is 36.2 Å². The van der Waals surface area contributed by atoms with E-state index >= 15 is 0 Å². The Morgan fingerprint density at radius 2 is 2.10 bits per heavy atom. The number of hydrogen-bond donors (Lipinski definition) is 1. The Morgan fingerprint density at radius 1 is 1.28 bits per heavy atom. The smallest absolute Gasteiger partial charge is 0.222 e. The molecule has 7 heteroatoms. The van der Waals surface area contributed by atoms with E-state index in [0.717, 1.165) is 62.5 Å². The first-order chi connectivity index (χ1) is 14.0. The zero-order valence-electron chi connectivity index (χ0n) is 17.0. The summed E-state index contributed by atoms with van der Waals surface area (Å²) in [5.74, 6) is 1.83. The normalized spacial score (nSPS) is 21.4. The lowest BCUT2D eigenvalue weighted by molar-refractivity contribution is -0.133. The van der Waals surface area contributed by atoms with Gasteiger partial charge in [-0.1, -0.05) is 6.07 Å². The summed E-state index contributed by atoms with van der Waals surface area (Å²) in [4.78, 5) is 29.7. The predicted molar refractivity (Wildman–Crippen MR) is 110 cm³/mol. The maximum Gasteiger partial charge on any atom is 0.222 e. The van der Waals surface area contributed by atoms with Crippen LogP contribution in [0.4, 0.5) is 5.82 Å². The molecular formula is C22H29N5O2. The molecule has 0 aliphatic carbocycles. The lowest BCUT2D eigenvalue weighted by Gasteiger charge is -2.49. The van der Waals surface area contributed by atoms with E-state index < -0.39 is 0 Å². The van der Waals surface area contributed by atoms with Crippen molar-refractivity contribution < 1.29 is 9.90 Å². The number of amides is 1. The molecule has 4 rings (SSSR count). The largest absolute Gasteiger partial charge is 0.391 e. The number of aliphatic hydroxyl groups is 1. The second-order valence-corrected chi connectivity index (χ2v) is 8.44. The van der Waals surface area contributed by atoms with Crippen LogP contribution in [0.3, 0.4) is 0 Å². The Morgan fingerprint density at radius 3 is 2.83 bits per heavy atom. The van der Waals surface area contributed by atoms with Crippen LogP contribution in [0.25, 0.3) is 0 Å². The number of aliphatic hydroxyl groups excluding tert-OH is 1. The quantitative estimate of drug-likeness (QED) is 0.853. The zero-order chi connectivity index (χ0) is 20.3. The van der Waals surface area contributed by atoms with Gasteiger partial charge in [-0.05, 0) is 55.7 Å². The van der Waals surface area contributed by atoms with Gasteiger partial charge in [0.2, 0.25) is 5.91 Å². The summed E-state index contributed by atoms with van der Waals surface area (Å²) in [6, 6.07) is 5.83. The van der Waals surface area contributed by atoms with Crippen LogP contribution in [0.2, 0.25) is 0 Å². The molecule has 0 aromatic carbocycles. The van der Waals surface area contributed by atoms with Crippen molar-refractivity contribution in [1.82, 2.24) is 19.9 Å². The fourth-order valence-electron chi connectivity index (χ4n) is 4.70. The summed E-state index contributed by atoms with van der Waals surface area (Å²) >= 11 is 0. The number of rotatable bonds is 4. The molecule has 1 spiro atoms. The molecule has 1 atom stereocenters. The van der Waals surface area contributed by atoms with Gasteiger partial charge in [-0.3, -0.25) is 9.78 Å². The standard InChI is InChI=1S/C22H29N5O2/c1-17-24-10-6-20(25-17)27-15-19(28)13-22(16-27)7-11-26(12-8-22)21(29)5-4-18-3-2-9-23-14-18/h2-3,6,9-10,14,19,28H,4-5,7-8,11-13,15-16H2,1H3. The minimum atomic E-state index is -0.369. The monoisotopic (exact) mass is 395 g/mol. The molecular weight excluding hydrogens is 366 g/mol. The summed E-state index contributed by atoms with van der Waals surface area (Å²) in [5, 5.41) is 10.5. The molecule has 0 radical (unpaired) electrons. The highest BCUT2D eigenvalue weighted by Gasteiger charge is 2.42. The third-order valence-corrected chi connectivity index (χ3v) is 6.24. The molecule has 1 unspecified atom stereocenters. The number of carbonyl (C=O) groups is 1. The van der Waals surface area contributed by atoms with Gasteiger partial charge in [0.15, 0.2) is 0 Å². The van der Waals surface area contributed by atoms with Crippen molar-refractivity contribution in [3.05, 3.63) is 48.2 Å².